The van der Waals surface area contributed by atoms with Gasteiger partial charge in [0.2, 0.25) is 10.0 Å². The largest absolute Gasteiger partial charge is 0.507 e. The lowest BCUT2D eigenvalue weighted by molar-refractivity contribution is -0.385. The van der Waals surface area contributed by atoms with Gasteiger partial charge < -0.3 is 9.84 Å². The molecule has 0 atom stereocenters. The highest BCUT2D eigenvalue weighted by Gasteiger charge is 2.30. The Labute approximate surface area is 175 Å². The van der Waals surface area contributed by atoms with Gasteiger partial charge in [0, 0.05) is 35.3 Å². The number of nitrogens with zero attached hydrogens (tertiary/aromatic N) is 3. The predicted molar refractivity (Wildman–Crippen MR) is 110 cm³/mol. The molecule has 0 unspecified atom stereocenters. The van der Waals surface area contributed by atoms with E-state index in [1.165, 1.54) is 28.7 Å². The molecule has 1 aliphatic rings. The third-order valence-corrected chi connectivity index (χ3v) is 6.57. The number of ether oxygens (including phenoxy) is 1. The number of nitrogens with one attached hydrogen (secondary N) is 1. The summed E-state index contributed by atoms with van der Waals surface area (Å²) in [4.78, 5) is 10.2. The van der Waals surface area contributed by atoms with Crippen molar-refractivity contribution in [3.8, 4) is 5.75 Å². The fraction of sp³-hybridized carbons (Fsp3) is 0.235. The van der Waals surface area contributed by atoms with E-state index in [9.17, 15) is 23.6 Å². The molecule has 2 aromatic rings. The standard InChI is InChI=1S/C17H17BrN4O6S/c18-13-1-4-16(23)12(9-13)11-19-20-15-3-2-14(22(24)25)10-17(15)29(26,27)21-5-7-28-8-6-21/h1-4,9-11,20,23H,5-8H2. The predicted octanol–water partition coefficient (Wildman–Crippen LogP) is 2.53. The molecule has 0 aromatic heterocycles. The van der Waals surface area contributed by atoms with Crippen molar-refractivity contribution in [2.45, 2.75) is 4.90 Å². The normalized spacial score (nSPS) is 15.5. The first kappa shape index (κ1) is 21.2. The molecule has 3 rings (SSSR count). The second-order valence-corrected chi connectivity index (χ2v) is 8.85. The maximum Gasteiger partial charge on any atom is 0.270 e. The monoisotopic (exact) mass is 484 g/mol. The molecule has 0 spiro atoms. The Bertz CT molecular complexity index is 1050. The SMILES string of the molecule is O=[N+]([O-])c1ccc(NN=Cc2cc(Br)ccc2O)c(S(=O)(=O)N2CCOCC2)c1. The van der Waals surface area contributed by atoms with Crippen LogP contribution in [0.2, 0.25) is 0 Å². The van der Waals surface area contributed by atoms with Gasteiger partial charge in [-0.2, -0.15) is 9.41 Å². The molecular weight excluding hydrogens is 468 g/mol. The van der Waals surface area contributed by atoms with Crippen LogP contribution in [-0.4, -0.2) is 55.3 Å². The Morgan fingerprint density at radius 3 is 2.66 bits per heavy atom. The Morgan fingerprint density at radius 1 is 1.24 bits per heavy atom. The van der Waals surface area contributed by atoms with Crippen LogP contribution in [0.3, 0.4) is 0 Å². The van der Waals surface area contributed by atoms with Crippen LogP contribution in [0.4, 0.5) is 11.4 Å². The number of nitro groups is 1. The number of anilines is 1. The van der Waals surface area contributed by atoms with E-state index < -0.39 is 14.9 Å². The van der Waals surface area contributed by atoms with Gasteiger partial charge in [-0.15, -0.1) is 0 Å². The highest BCUT2D eigenvalue weighted by Crippen LogP contribution is 2.29. The summed E-state index contributed by atoms with van der Waals surface area (Å²) in [5.74, 6) is -0.0105. The number of hydrazone groups is 1. The van der Waals surface area contributed by atoms with Gasteiger partial charge in [0.05, 0.1) is 30.0 Å². The zero-order valence-corrected chi connectivity index (χ0v) is 17.4. The first-order chi connectivity index (χ1) is 13.8. The zero-order valence-electron chi connectivity index (χ0n) is 15.0. The van der Waals surface area contributed by atoms with E-state index >= 15 is 0 Å². The van der Waals surface area contributed by atoms with Crippen LogP contribution in [0, 0.1) is 10.1 Å². The first-order valence-corrected chi connectivity index (χ1v) is 10.7. The molecule has 1 fully saturated rings. The number of benzene rings is 2. The summed E-state index contributed by atoms with van der Waals surface area (Å²) in [5, 5.41) is 25.0. The van der Waals surface area contributed by atoms with Crippen molar-refractivity contribution in [3.63, 3.8) is 0 Å². The number of morpholine rings is 1. The molecule has 154 valence electrons. The lowest BCUT2D eigenvalue weighted by Crippen LogP contribution is -2.40. The molecule has 29 heavy (non-hydrogen) atoms. The second kappa shape index (κ2) is 8.86. The Hall–Kier alpha value is -2.54. The number of aromatic hydroxyl groups is 1. The van der Waals surface area contributed by atoms with Crippen molar-refractivity contribution in [3.05, 3.63) is 56.5 Å². The van der Waals surface area contributed by atoms with Crippen LogP contribution < -0.4 is 5.43 Å². The molecule has 0 bridgehead atoms. The zero-order chi connectivity index (χ0) is 21.0. The van der Waals surface area contributed by atoms with E-state index in [0.717, 1.165) is 10.5 Å². The minimum atomic E-state index is -4.00. The molecule has 2 aromatic carbocycles. The van der Waals surface area contributed by atoms with Crippen molar-refractivity contribution in [1.82, 2.24) is 4.31 Å². The minimum Gasteiger partial charge on any atom is -0.507 e. The van der Waals surface area contributed by atoms with Gasteiger partial charge in [0.15, 0.2) is 0 Å². The number of non-ortho nitro benzene ring substituents is 1. The number of phenols is 1. The molecule has 10 nitrogen and oxygen atoms in total. The van der Waals surface area contributed by atoms with E-state index in [0.29, 0.717) is 5.56 Å². The number of phenolic OH excluding ortho intramolecular Hbond substituents is 1. The molecule has 1 saturated heterocycles. The van der Waals surface area contributed by atoms with Gasteiger partial charge in [0.25, 0.3) is 5.69 Å². The molecule has 2 N–H and O–H groups in total. The van der Waals surface area contributed by atoms with E-state index in [1.807, 2.05) is 0 Å². The molecule has 0 aliphatic carbocycles. The van der Waals surface area contributed by atoms with Crippen LogP contribution >= 0.6 is 15.9 Å². The van der Waals surface area contributed by atoms with Gasteiger partial charge in [-0.1, -0.05) is 15.9 Å². The van der Waals surface area contributed by atoms with Crippen molar-refractivity contribution in [2.24, 2.45) is 5.10 Å². The number of hydrogen-bond acceptors (Lipinski definition) is 8. The van der Waals surface area contributed by atoms with Crippen molar-refractivity contribution >= 4 is 43.5 Å². The maximum atomic E-state index is 13.0. The third-order valence-electron chi connectivity index (χ3n) is 4.14. The van der Waals surface area contributed by atoms with E-state index in [4.69, 9.17) is 4.74 Å². The van der Waals surface area contributed by atoms with Crippen LogP contribution in [-0.2, 0) is 14.8 Å². The number of sulfonamides is 1. The average molecular weight is 485 g/mol. The molecule has 0 radical (unpaired) electrons. The highest BCUT2D eigenvalue weighted by atomic mass is 79.9. The van der Waals surface area contributed by atoms with Crippen molar-refractivity contribution in [2.75, 3.05) is 31.7 Å². The van der Waals surface area contributed by atoms with Crippen molar-refractivity contribution < 1.29 is 23.2 Å². The third kappa shape index (κ3) is 4.90. The van der Waals surface area contributed by atoms with Crippen LogP contribution in [0.5, 0.6) is 5.75 Å². The number of hydrogen-bond donors (Lipinski definition) is 2. The van der Waals surface area contributed by atoms with E-state index in [1.54, 1.807) is 12.1 Å². The molecule has 12 heteroatoms. The molecule has 1 aliphatic heterocycles. The molecule has 1 heterocycles. The van der Waals surface area contributed by atoms with Gasteiger partial charge in [-0.3, -0.25) is 15.5 Å². The number of rotatable bonds is 6. The summed E-state index contributed by atoms with van der Waals surface area (Å²) in [6.07, 6.45) is 1.31. The van der Waals surface area contributed by atoms with Crippen LogP contribution in [0.25, 0.3) is 0 Å². The summed E-state index contributed by atoms with van der Waals surface area (Å²) < 4.78 is 33.2. The van der Waals surface area contributed by atoms with Crippen LogP contribution in [0.15, 0.2) is 50.9 Å². The second-order valence-electron chi connectivity index (χ2n) is 6.03. The van der Waals surface area contributed by atoms with Crippen LogP contribution in [0.1, 0.15) is 5.56 Å². The summed E-state index contributed by atoms with van der Waals surface area (Å²) in [6.45, 7) is 0.799. The van der Waals surface area contributed by atoms with Gasteiger partial charge >= 0.3 is 0 Å². The summed E-state index contributed by atoms with van der Waals surface area (Å²) in [7, 11) is -4.00. The Kier molecular flexibility index (Phi) is 6.47. The fourth-order valence-corrected chi connectivity index (χ4v) is 4.60. The molecular formula is C17H17BrN4O6S. The summed E-state index contributed by atoms with van der Waals surface area (Å²) in [6, 6.07) is 8.23. The van der Waals surface area contributed by atoms with Gasteiger partial charge in [-0.25, -0.2) is 8.42 Å². The summed E-state index contributed by atoms with van der Waals surface area (Å²) in [5.41, 5.74) is 2.72. The molecule has 0 saturated carbocycles. The first-order valence-electron chi connectivity index (χ1n) is 8.43. The smallest absolute Gasteiger partial charge is 0.270 e. The van der Waals surface area contributed by atoms with Gasteiger partial charge in [-0.05, 0) is 24.3 Å². The minimum absolute atomic E-state index is 0.0105. The Morgan fingerprint density at radius 2 is 1.97 bits per heavy atom. The fourth-order valence-electron chi connectivity index (χ4n) is 2.66. The molecule has 0 amide bonds. The lowest BCUT2D eigenvalue weighted by Gasteiger charge is -2.26. The van der Waals surface area contributed by atoms with Crippen molar-refractivity contribution in [1.29, 1.82) is 0 Å². The van der Waals surface area contributed by atoms with E-state index in [2.05, 4.69) is 26.5 Å². The highest BCUT2D eigenvalue weighted by molar-refractivity contribution is 9.10. The van der Waals surface area contributed by atoms with E-state index in [-0.39, 0.29) is 48.3 Å². The van der Waals surface area contributed by atoms with Gasteiger partial charge in [0.1, 0.15) is 10.6 Å². The number of halogens is 1. The lowest BCUT2D eigenvalue weighted by atomic mass is 10.2. The maximum absolute atomic E-state index is 13.0. The average Bonchev–Trinajstić information content (AvgIpc) is 2.71. The topological polar surface area (TPSA) is 134 Å². The summed E-state index contributed by atoms with van der Waals surface area (Å²) >= 11 is 3.28. The Balaban J connectivity index is 1.94. The number of nitro benzene ring substituents is 1. The quantitative estimate of drug-likeness (QED) is 0.365.